The van der Waals surface area contributed by atoms with Gasteiger partial charge in [-0.2, -0.15) is 4.98 Å². The van der Waals surface area contributed by atoms with Gasteiger partial charge in [-0.3, -0.25) is 4.98 Å². The Balaban J connectivity index is 1.91. The van der Waals surface area contributed by atoms with E-state index in [4.69, 9.17) is 16.7 Å². The van der Waals surface area contributed by atoms with Crippen LogP contribution in [-0.4, -0.2) is 33.2 Å². The number of aliphatic hydroxyl groups is 1. The zero-order valence-electron chi connectivity index (χ0n) is 13.5. The van der Waals surface area contributed by atoms with Crippen LogP contribution in [0.5, 0.6) is 0 Å². The summed E-state index contributed by atoms with van der Waals surface area (Å²) < 4.78 is 0. The summed E-state index contributed by atoms with van der Waals surface area (Å²) in [6.45, 7) is 0.706. The Labute approximate surface area is 150 Å². The third-order valence-corrected chi connectivity index (χ3v) is 3.65. The van der Waals surface area contributed by atoms with Crippen LogP contribution in [0.15, 0.2) is 54.9 Å². The summed E-state index contributed by atoms with van der Waals surface area (Å²) in [6.07, 6.45) is 4.07. The molecule has 128 valence electrons. The molecule has 25 heavy (non-hydrogen) atoms. The van der Waals surface area contributed by atoms with Crippen LogP contribution in [0.2, 0.25) is 5.02 Å². The van der Waals surface area contributed by atoms with Crippen molar-refractivity contribution in [2.24, 2.45) is 0 Å². The highest BCUT2D eigenvalue weighted by Crippen LogP contribution is 2.24. The highest BCUT2D eigenvalue weighted by molar-refractivity contribution is 6.30. The number of nitrogens with one attached hydrogen (secondary N) is 2. The lowest BCUT2D eigenvalue weighted by atomic mass is 10.2. The third-order valence-electron chi connectivity index (χ3n) is 3.42. The van der Waals surface area contributed by atoms with E-state index < -0.39 is 0 Å². The van der Waals surface area contributed by atoms with Gasteiger partial charge in [-0.05, 0) is 36.8 Å². The minimum Gasteiger partial charge on any atom is -0.396 e. The van der Waals surface area contributed by atoms with Gasteiger partial charge in [0, 0.05) is 47.9 Å². The van der Waals surface area contributed by atoms with E-state index in [1.165, 1.54) is 0 Å². The topological polar surface area (TPSA) is 83.0 Å². The maximum atomic E-state index is 8.94. The average Bonchev–Trinajstić information content (AvgIpc) is 2.63. The number of pyridine rings is 1. The summed E-state index contributed by atoms with van der Waals surface area (Å²) >= 11 is 6.04. The molecule has 0 radical (unpaired) electrons. The second-order valence-electron chi connectivity index (χ2n) is 5.34. The third kappa shape index (κ3) is 4.89. The number of rotatable bonds is 7. The van der Waals surface area contributed by atoms with Crippen LogP contribution in [0.25, 0.3) is 11.3 Å². The zero-order chi connectivity index (χ0) is 17.5. The minimum atomic E-state index is 0.116. The molecule has 3 N–H and O–H groups in total. The fraction of sp³-hybridized carbons (Fsp3) is 0.167. The van der Waals surface area contributed by atoms with E-state index in [0.717, 1.165) is 16.9 Å². The maximum Gasteiger partial charge on any atom is 0.225 e. The molecule has 2 heterocycles. The highest BCUT2D eigenvalue weighted by atomic mass is 35.5. The Bertz CT molecular complexity index is 829. The Kier molecular flexibility index (Phi) is 5.77. The van der Waals surface area contributed by atoms with Crippen LogP contribution in [0.4, 0.5) is 17.5 Å². The van der Waals surface area contributed by atoms with Crippen molar-refractivity contribution in [3.8, 4) is 11.3 Å². The molecule has 0 amide bonds. The summed E-state index contributed by atoms with van der Waals surface area (Å²) in [6, 6.07) is 13.1. The van der Waals surface area contributed by atoms with E-state index >= 15 is 0 Å². The number of aromatic nitrogens is 3. The van der Waals surface area contributed by atoms with Gasteiger partial charge in [0.1, 0.15) is 5.82 Å². The number of halogens is 1. The Morgan fingerprint density at radius 3 is 2.64 bits per heavy atom. The van der Waals surface area contributed by atoms with Gasteiger partial charge < -0.3 is 15.7 Å². The molecule has 0 aliphatic rings. The summed E-state index contributed by atoms with van der Waals surface area (Å²) in [5.74, 6) is 1.14. The molecule has 0 spiro atoms. The molecule has 0 fully saturated rings. The molecular formula is C18H18ClN5O. The van der Waals surface area contributed by atoms with E-state index in [9.17, 15) is 0 Å². The van der Waals surface area contributed by atoms with Crippen molar-refractivity contribution in [2.45, 2.75) is 6.42 Å². The molecule has 0 bridgehead atoms. The molecule has 7 heteroatoms. The molecule has 1 aromatic carbocycles. The molecule has 6 nitrogen and oxygen atoms in total. The van der Waals surface area contributed by atoms with Gasteiger partial charge in [0.05, 0.1) is 5.69 Å². The van der Waals surface area contributed by atoms with Crippen LogP contribution in [0.3, 0.4) is 0 Å². The fourth-order valence-electron chi connectivity index (χ4n) is 2.25. The molecule has 3 rings (SSSR count). The Morgan fingerprint density at radius 1 is 1.04 bits per heavy atom. The quantitative estimate of drug-likeness (QED) is 0.560. The molecular weight excluding hydrogens is 338 g/mol. The van der Waals surface area contributed by atoms with Crippen LogP contribution in [0.1, 0.15) is 6.42 Å². The largest absolute Gasteiger partial charge is 0.396 e. The van der Waals surface area contributed by atoms with Crippen molar-refractivity contribution in [2.75, 3.05) is 23.8 Å². The number of hydrogen-bond donors (Lipinski definition) is 3. The number of nitrogens with zero attached hydrogens (tertiary/aromatic N) is 3. The first-order chi connectivity index (χ1) is 12.2. The molecule has 0 saturated carbocycles. The zero-order valence-corrected chi connectivity index (χ0v) is 14.2. The lowest BCUT2D eigenvalue weighted by molar-refractivity contribution is 0.292. The first-order valence-electron chi connectivity index (χ1n) is 7.91. The highest BCUT2D eigenvalue weighted by Gasteiger charge is 2.07. The van der Waals surface area contributed by atoms with Gasteiger partial charge in [-0.1, -0.05) is 17.7 Å². The van der Waals surface area contributed by atoms with Gasteiger partial charge in [-0.15, -0.1) is 0 Å². The van der Waals surface area contributed by atoms with Crippen LogP contribution >= 0.6 is 11.6 Å². The van der Waals surface area contributed by atoms with E-state index in [2.05, 4.69) is 25.6 Å². The smallest absolute Gasteiger partial charge is 0.225 e. The maximum absolute atomic E-state index is 8.94. The van der Waals surface area contributed by atoms with E-state index in [0.29, 0.717) is 29.8 Å². The second kappa shape index (κ2) is 8.41. The van der Waals surface area contributed by atoms with Crippen molar-refractivity contribution in [3.05, 3.63) is 59.9 Å². The van der Waals surface area contributed by atoms with Crippen LogP contribution in [0, 0.1) is 0 Å². The standard InChI is InChI=1S/C18H18ClN5O/c19-14-3-1-4-15(11-14)22-17-12-16(13-5-8-20-9-6-13)23-18(24-17)21-7-2-10-25/h1,3-6,8-9,11-12,25H,2,7,10H2,(H2,21,22,23,24). The summed E-state index contributed by atoms with van der Waals surface area (Å²) in [4.78, 5) is 13.1. The normalized spacial score (nSPS) is 10.5. The van der Waals surface area contributed by atoms with E-state index in [1.54, 1.807) is 12.4 Å². The number of aliphatic hydroxyl groups excluding tert-OH is 1. The van der Waals surface area contributed by atoms with Gasteiger partial charge in [0.15, 0.2) is 0 Å². The van der Waals surface area contributed by atoms with Crippen molar-refractivity contribution in [1.82, 2.24) is 15.0 Å². The number of benzene rings is 1. The number of anilines is 3. The first kappa shape index (κ1) is 17.1. The lowest BCUT2D eigenvalue weighted by Gasteiger charge is -2.11. The van der Waals surface area contributed by atoms with E-state index in [1.807, 2.05) is 42.5 Å². The molecule has 0 aliphatic heterocycles. The van der Waals surface area contributed by atoms with E-state index in [-0.39, 0.29) is 6.61 Å². The molecule has 0 atom stereocenters. The average molecular weight is 356 g/mol. The predicted molar refractivity (Wildman–Crippen MR) is 100 cm³/mol. The molecule has 0 unspecified atom stereocenters. The summed E-state index contributed by atoms with van der Waals surface area (Å²) in [5, 5.41) is 16.0. The summed E-state index contributed by atoms with van der Waals surface area (Å²) in [5.41, 5.74) is 2.55. The lowest BCUT2D eigenvalue weighted by Crippen LogP contribution is -2.08. The number of hydrogen-bond acceptors (Lipinski definition) is 6. The molecule has 0 aliphatic carbocycles. The predicted octanol–water partition coefficient (Wildman–Crippen LogP) is 3.73. The summed E-state index contributed by atoms with van der Waals surface area (Å²) in [7, 11) is 0. The van der Waals surface area contributed by atoms with Crippen molar-refractivity contribution in [3.63, 3.8) is 0 Å². The van der Waals surface area contributed by atoms with Gasteiger partial charge in [-0.25, -0.2) is 4.98 Å². The minimum absolute atomic E-state index is 0.116. The van der Waals surface area contributed by atoms with Gasteiger partial charge in [0.2, 0.25) is 5.95 Å². The molecule has 0 saturated heterocycles. The molecule has 2 aromatic heterocycles. The van der Waals surface area contributed by atoms with Crippen LogP contribution in [-0.2, 0) is 0 Å². The second-order valence-corrected chi connectivity index (χ2v) is 5.77. The van der Waals surface area contributed by atoms with Crippen molar-refractivity contribution < 1.29 is 5.11 Å². The SMILES string of the molecule is OCCCNc1nc(Nc2cccc(Cl)c2)cc(-c2ccncc2)n1. The van der Waals surface area contributed by atoms with Crippen LogP contribution < -0.4 is 10.6 Å². The Morgan fingerprint density at radius 2 is 1.88 bits per heavy atom. The van der Waals surface area contributed by atoms with Crippen molar-refractivity contribution in [1.29, 1.82) is 0 Å². The van der Waals surface area contributed by atoms with Crippen molar-refractivity contribution >= 4 is 29.1 Å². The van der Waals surface area contributed by atoms with Gasteiger partial charge >= 0.3 is 0 Å². The monoisotopic (exact) mass is 355 g/mol. The van der Waals surface area contributed by atoms with Gasteiger partial charge in [0.25, 0.3) is 0 Å². The Hall–Kier alpha value is -2.70. The fourth-order valence-corrected chi connectivity index (χ4v) is 2.44. The first-order valence-corrected chi connectivity index (χ1v) is 8.29. The molecule has 3 aromatic rings.